The van der Waals surface area contributed by atoms with E-state index in [9.17, 15) is 9.90 Å². The van der Waals surface area contributed by atoms with Crippen LogP contribution < -0.4 is 4.90 Å². The molecule has 1 N–H and O–H groups in total. The van der Waals surface area contributed by atoms with Crippen molar-refractivity contribution in [1.82, 2.24) is 0 Å². The molecule has 0 unspecified atom stereocenters. The summed E-state index contributed by atoms with van der Waals surface area (Å²) in [7, 11) is 2.00. The minimum atomic E-state index is -0.160. The summed E-state index contributed by atoms with van der Waals surface area (Å²) in [6.07, 6.45) is 5.44. The monoisotopic (exact) mass is 233 g/mol. The first-order chi connectivity index (χ1) is 8.15. The topological polar surface area (TPSA) is 40.5 Å². The Bertz CT molecular complexity index is 380. The summed E-state index contributed by atoms with van der Waals surface area (Å²) in [4.78, 5) is 13.4. The Morgan fingerprint density at radius 3 is 2.41 bits per heavy atom. The van der Waals surface area contributed by atoms with Gasteiger partial charge in [-0.2, -0.15) is 0 Å². The molecule has 92 valence electrons. The van der Waals surface area contributed by atoms with Gasteiger partial charge < -0.3 is 14.8 Å². The molecule has 2 rings (SSSR count). The van der Waals surface area contributed by atoms with Crippen LogP contribution in [0.25, 0.3) is 0 Å². The molecule has 1 saturated carbocycles. The SMILES string of the molecule is CN(CC1(C=O)CCCC1)c1ccc(O)cc1. The van der Waals surface area contributed by atoms with Gasteiger partial charge in [0.15, 0.2) is 0 Å². The van der Waals surface area contributed by atoms with Crippen LogP contribution in [0.1, 0.15) is 25.7 Å². The maximum atomic E-state index is 11.3. The Morgan fingerprint density at radius 2 is 1.88 bits per heavy atom. The van der Waals surface area contributed by atoms with Gasteiger partial charge in [0.2, 0.25) is 0 Å². The number of carbonyl (C=O) groups is 1. The molecule has 0 atom stereocenters. The summed E-state index contributed by atoms with van der Waals surface area (Å²) in [5, 5.41) is 9.24. The summed E-state index contributed by atoms with van der Waals surface area (Å²) in [6.45, 7) is 0.765. The molecule has 0 heterocycles. The molecule has 0 aliphatic heterocycles. The normalized spacial score (nSPS) is 17.9. The third-order valence-electron chi connectivity index (χ3n) is 3.69. The average Bonchev–Trinajstić information content (AvgIpc) is 2.79. The summed E-state index contributed by atoms with van der Waals surface area (Å²) in [5.41, 5.74) is 0.878. The van der Waals surface area contributed by atoms with Crippen LogP contribution in [0.4, 0.5) is 5.69 Å². The number of anilines is 1. The lowest BCUT2D eigenvalue weighted by molar-refractivity contribution is -0.115. The van der Waals surface area contributed by atoms with Gasteiger partial charge in [0.1, 0.15) is 12.0 Å². The molecule has 1 aromatic rings. The van der Waals surface area contributed by atoms with Crippen LogP contribution in [-0.2, 0) is 4.79 Å². The maximum absolute atomic E-state index is 11.3. The highest BCUT2D eigenvalue weighted by atomic mass is 16.3. The summed E-state index contributed by atoms with van der Waals surface area (Å²) in [6, 6.07) is 7.10. The lowest BCUT2D eigenvalue weighted by Crippen LogP contribution is -2.34. The average molecular weight is 233 g/mol. The third kappa shape index (κ3) is 2.60. The number of phenolic OH excluding ortho intramolecular Hbond substituents is 1. The van der Waals surface area contributed by atoms with E-state index in [1.54, 1.807) is 12.1 Å². The minimum Gasteiger partial charge on any atom is -0.508 e. The van der Waals surface area contributed by atoms with Crippen LogP contribution in [0.3, 0.4) is 0 Å². The minimum absolute atomic E-state index is 0.160. The molecule has 1 fully saturated rings. The maximum Gasteiger partial charge on any atom is 0.127 e. The van der Waals surface area contributed by atoms with Crippen molar-refractivity contribution in [3.8, 4) is 5.75 Å². The molecule has 1 aliphatic carbocycles. The molecule has 0 aromatic heterocycles. The van der Waals surface area contributed by atoms with Crippen LogP contribution >= 0.6 is 0 Å². The Morgan fingerprint density at radius 1 is 1.29 bits per heavy atom. The summed E-state index contributed by atoms with van der Waals surface area (Å²) in [5.74, 6) is 0.271. The van der Waals surface area contributed by atoms with Crippen LogP contribution in [0.5, 0.6) is 5.75 Å². The van der Waals surface area contributed by atoms with E-state index in [0.717, 1.165) is 44.2 Å². The van der Waals surface area contributed by atoms with Crippen LogP contribution in [0, 0.1) is 5.41 Å². The quantitative estimate of drug-likeness (QED) is 0.813. The fraction of sp³-hybridized carbons (Fsp3) is 0.500. The highest BCUT2D eigenvalue weighted by Crippen LogP contribution is 2.37. The van der Waals surface area contributed by atoms with Crippen molar-refractivity contribution < 1.29 is 9.90 Å². The first-order valence-electron chi connectivity index (χ1n) is 6.12. The largest absolute Gasteiger partial charge is 0.508 e. The molecule has 1 aromatic carbocycles. The van der Waals surface area contributed by atoms with E-state index in [-0.39, 0.29) is 11.2 Å². The van der Waals surface area contributed by atoms with Gasteiger partial charge in [0.25, 0.3) is 0 Å². The molecule has 0 saturated heterocycles. The zero-order valence-electron chi connectivity index (χ0n) is 10.2. The van der Waals surface area contributed by atoms with Gasteiger partial charge >= 0.3 is 0 Å². The highest BCUT2D eigenvalue weighted by Gasteiger charge is 2.34. The van der Waals surface area contributed by atoms with Crippen molar-refractivity contribution in [1.29, 1.82) is 0 Å². The number of carbonyl (C=O) groups excluding carboxylic acids is 1. The zero-order chi connectivity index (χ0) is 12.3. The molecule has 0 radical (unpaired) electrons. The number of nitrogens with zero attached hydrogens (tertiary/aromatic N) is 1. The van der Waals surface area contributed by atoms with Gasteiger partial charge in [0.05, 0.1) is 0 Å². The molecule has 0 bridgehead atoms. The number of hydrogen-bond donors (Lipinski definition) is 1. The molecule has 17 heavy (non-hydrogen) atoms. The van der Waals surface area contributed by atoms with Crippen molar-refractivity contribution in [2.75, 3.05) is 18.5 Å². The number of benzene rings is 1. The molecule has 1 aliphatic rings. The Hall–Kier alpha value is -1.51. The van der Waals surface area contributed by atoms with E-state index in [0.29, 0.717) is 0 Å². The number of rotatable bonds is 4. The highest BCUT2D eigenvalue weighted by molar-refractivity contribution is 5.62. The third-order valence-corrected chi connectivity index (χ3v) is 3.69. The molecular formula is C14H19NO2. The predicted octanol–water partition coefficient (Wildman–Crippen LogP) is 2.59. The first-order valence-corrected chi connectivity index (χ1v) is 6.12. The Kier molecular flexibility index (Phi) is 3.36. The van der Waals surface area contributed by atoms with Gasteiger partial charge in [-0.15, -0.1) is 0 Å². The van der Waals surface area contributed by atoms with Gasteiger partial charge in [-0.3, -0.25) is 0 Å². The number of phenols is 1. The van der Waals surface area contributed by atoms with Gasteiger partial charge in [-0.05, 0) is 37.1 Å². The Balaban J connectivity index is 2.07. The zero-order valence-corrected chi connectivity index (χ0v) is 10.2. The molecule has 0 amide bonds. The molecule has 0 spiro atoms. The first kappa shape index (κ1) is 12.0. The van der Waals surface area contributed by atoms with Crippen LogP contribution in [-0.4, -0.2) is 25.0 Å². The van der Waals surface area contributed by atoms with E-state index in [1.165, 1.54) is 0 Å². The fourth-order valence-corrected chi connectivity index (χ4v) is 2.66. The van der Waals surface area contributed by atoms with E-state index in [1.807, 2.05) is 19.2 Å². The van der Waals surface area contributed by atoms with Crippen molar-refractivity contribution in [2.45, 2.75) is 25.7 Å². The lowest BCUT2D eigenvalue weighted by Gasteiger charge is -2.30. The summed E-state index contributed by atoms with van der Waals surface area (Å²) >= 11 is 0. The molecular weight excluding hydrogens is 214 g/mol. The lowest BCUT2D eigenvalue weighted by atomic mass is 9.87. The second-order valence-corrected chi connectivity index (χ2v) is 5.06. The smallest absolute Gasteiger partial charge is 0.127 e. The molecule has 3 nitrogen and oxygen atoms in total. The molecule has 3 heteroatoms. The van der Waals surface area contributed by atoms with Crippen molar-refractivity contribution in [2.24, 2.45) is 5.41 Å². The second-order valence-electron chi connectivity index (χ2n) is 5.06. The fourth-order valence-electron chi connectivity index (χ4n) is 2.66. The van der Waals surface area contributed by atoms with Crippen LogP contribution in [0.2, 0.25) is 0 Å². The van der Waals surface area contributed by atoms with Gasteiger partial charge in [-0.1, -0.05) is 12.8 Å². The van der Waals surface area contributed by atoms with E-state index < -0.39 is 0 Å². The van der Waals surface area contributed by atoms with E-state index in [4.69, 9.17) is 0 Å². The number of aldehydes is 1. The van der Waals surface area contributed by atoms with Crippen LogP contribution in [0.15, 0.2) is 24.3 Å². The van der Waals surface area contributed by atoms with Crippen molar-refractivity contribution in [3.63, 3.8) is 0 Å². The van der Waals surface area contributed by atoms with Gasteiger partial charge in [0, 0.05) is 24.7 Å². The van der Waals surface area contributed by atoms with E-state index >= 15 is 0 Å². The number of aromatic hydroxyl groups is 1. The van der Waals surface area contributed by atoms with Crippen molar-refractivity contribution in [3.05, 3.63) is 24.3 Å². The predicted molar refractivity (Wildman–Crippen MR) is 68.3 cm³/mol. The second kappa shape index (κ2) is 4.78. The summed E-state index contributed by atoms with van der Waals surface area (Å²) < 4.78 is 0. The number of hydrogen-bond acceptors (Lipinski definition) is 3. The van der Waals surface area contributed by atoms with E-state index in [2.05, 4.69) is 4.90 Å². The van der Waals surface area contributed by atoms with Crippen molar-refractivity contribution >= 4 is 12.0 Å². The Labute approximate surface area is 102 Å². The standard InChI is InChI=1S/C14H19NO2/c1-15(12-4-6-13(17)7-5-12)10-14(11-16)8-2-3-9-14/h4-7,11,17H,2-3,8-10H2,1H3. The van der Waals surface area contributed by atoms with Gasteiger partial charge in [-0.25, -0.2) is 0 Å².